The SMILES string of the molecule is COc1cc(-c2cc(C(=O)OCC(=O)Nc3ccc(Br)cc3Br)c3ccccc3n2)cc(OC)c1OC. The predicted octanol–water partition coefficient (Wildman–Crippen LogP) is 6.25. The van der Waals surface area contributed by atoms with Crippen LogP contribution in [0, 0.1) is 0 Å². The van der Waals surface area contributed by atoms with Crippen LogP contribution in [0.4, 0.5) is 5.69 Å². The summed E-state index contributed by atoms with van der Waals surface area (Å²) in [6.07, 6.45) is 0. The molecule has 1 N–H and O–H groups in total. The summed E-state index contributed by atoms with van der Waals surface area (Å²) in [7, 11) is 4.57. The molecule has 8 nitrogen and oxygen atoms in total. The molecule has 0 unspecified atom stereocenters. The maximum absolute atomic E-state index is 13.1. The maximum atomic E-state index is 13.1. The van der Waals surface area contributed by atoms with Gasteiger partial charge in [0.1, 0.15) is 0 Å². The third-order valence-electron chi connectivity index (χ3n) is 5.44. The summed E-state index contributed by atoms with van der Waals surface area (Å²) in [4.78, 5) is 30.3. The van der Waals surface area contributed by atoms with Crippen LogP contribution in [-0.2, 0) is 9.53 Å². The van der Waals surface area contributed by atoms with Crippen molar-refractivity contribution in [3.63, 3.8) is 0 Å². The predicted molar refractivity (Wildman–Crippen MR) is 148 cm³/mol. The van der Waals surface area contributed by atoms with E-state index in [1.807, 2.05) is 6.07 Å². The van der Waals surface area contributed by atoms with Crippen molar-refractivity contribution in [1.82, 2.24) is 4.98 Å². The molecule has 1 heterocycles. The van der Waals surface area contributed by atoms with Gasteiger partial charge >= 0.3 is 5.97 Å². The maximum Gasteiger partial charge on any atom is 0.339 e. The van der Waals surface area contributed by atoms with Gasteiger partial charge in [-0.25, -0.2) is 9.78 Å². The molecule has 0 saturated carbocycles. The van der Waals surface area contributed by atoms with Crippen LogP contribution in [0.25, 0.3) is 22.2 Å². The third-order valence-corrected chi connectivity index (χ3v) is 6.59. The van der Waals surface area contributed by atoms with Crippen molar-refractivity contribution in [3.05, 3.63) is 75.2 Å². The van der Waals surface area contributed by atoms with E-state index < -0.39 is 18.5 Å². The summed E-state index contributed by atoms with van der Waals surface area (Å²) >= 11 is 6.76. The van der Waals surface area contributed by atoms with E-state index in [-0.39, 0.29) is 5.56 Å². The molecule has 37 heavy (non-hydrogen) atoms. The van der Waals surface area contributed by atoms with Crippen molar-refractivity contribution in [3.8, 4) is 28.5 Å². The minimum atomic E-state index is -0.655. The van der Waals surface area contributed by atoms with Crippen LogP contribution in [0.3, 0.4) is 0 Å². The van der Waals surface area contributed by atoms with Crippen molar-refractivity contribution in [1.29, 1.82) is 0 Å². The number of fused-ring (bicyclic) bond motifs is 1. The largest absolute Gasteiger partial charge is 0.493 e. The summed E-state index contributed by atoms with van der Waals surface area (Å²) in [6, 6.07) is 17.6. The van der Waals surface area contributed by atoms with Crippen LogP contribution in [0.2, 0.25) is 0 Å². The van der Waals surface area contributed by atoms with Gasteiger partial charge in [-0.3, -0.25) is 4.79 Å². The Hall–Kier alpha value is -3.63. The number of hydrogen-bond donors (Lipinski definition) is 1. The summed E-state index contributed by atoms with van der Waals surface area (Å²) < 4.78 is 23.3. The van der Waals surface area contributed by atoms with Gasteiger partial charge in [0.05, 0.1) is 43.8 Å². The van der Waals surface area contributed by atoms with Crippen molar-refractivity contribution in [2.45, 2.75) is 0 Å². The first kappa shape index (κ1) is 26.4. The zero-order chi connectivity index (χ0) is 26.5. The molecule has 0 atom stereocenters. The number of esters is 1. The zero-order valence-electron chi connectivity index (χ0n) is 20.1. The van der Waals surface area contributed by atoms with Crippen LogP contribution < -0.4 is 19.5 Å². The lowest BCUT2D eigenvalue weighted by Gasteiger charge is -2.15. The second-order valence-corrected chi connectivity index (χ2v) is 9.50. The molecule has 1 aromatic heterocycles. The average molecular weight is 630 g/mol. The van der Waals surface area contributed by atoms with E-state index in [0.29, 0.717) is 49.6 Å². The number of carbonyl (C=O) groups is 2. The van der Waals surface area contributed by atoms with Gasteiger partial charge in [0.25, 0.3) is 5.91 Å². The molecular weight excluding hydrogens is 608 g/mol. The highest BCUT2D eigenvalue weighted by Gasteiger charge is 2.19. The summed E-state index contributed by atoms with van der Waals surface area (Å²) in [6.45, 7) is -0.461. The smallest absolute Gasteiger partial charge is 0.339 e. The van der Waals surface area contributed by atoms with E-state index in [1.54, 1.807) is 54.6 Å². The number of hydrogen-bond acceptors (Lipinski definition) is 7. The second kappa shape index (κ2) is 11.6. The van der Waals surface area contributed by atoms with Gasteiger partial charge in [0, 0.05) is 19.9 Å². The minimum absolute atomic E-state index is 0.270. The number of pyridine rings is 1. The lowest BCUT2D eigenvalue weighted by Crippen LogP contribution is -2.21. The van der Waals surface area contributed by atoms with Crippen LogP contribution >= 0.6 is 31.9 Å². The number of rotatable bonds is 8. The van der Waals surface area contributed by atoms with Gasteiger partial charge in [0.2, 0.25) is 5.75 Å². The summed E-state index contributed by atoms with van der Waals surface area (Å²) in [5.74, 6) is 0.216. The van der Waals surface area contributed by atoms with Crippen LogP contribution in [0.1, 0.15) is 10.4 Å². The van der Waals surface area contributed by atoms with Gasteiger partial charge in [-0.05, 0) is 58.4 Å². The fourth-order valence-corrected chi connectivity index (χ4v) is 4.85. The van der Waals surface area contributed by atoms with Gasteiger partial charge in [-0.1, -0.05) is 34.1 Å². The third kappa shape index (κ3) is 5.86. The molecule has 4 rings (SSSR count). The molecule has 0 aliphatic carbocycles. The Morgan fingerprint density at radius 2 is 1.59 bits per heavy atom. The van der Waals surface area contributed by atoms with Crippen LogP contribution in [-0.4, -0.2) is 44.8 Å². The number of benzene rings is 3. The van der Waals surface area contributed by atoms with E-state index in [0.717, 1.165) is 4.47 Å². The Balaban J connectivity index is 1.64. The Bertz CT molecular complexity index is 1470. The monoisotopic (exact) mass is 628 g/mol. The molecule has 0 aliphatic rings. The van der Waals surface area contributed by atoms with Crippen LogP contribution in [0.5, 0.6) is 17.2 Å². The number of nitrogens with zero attached hydrogens (tertiary/aromatic N) is 1. The fraction of sp³-hybridized carbons (Fsp3) is 0.148. The first-order chi connectivity index (χ1) is 17.8. The first-order valence-electron chi connectivity index (χ1n) is 11.0. The van der Waals surface area contributed by atoms with Gasteiger partial charge in [0.15, 0.2) is 18.1 Å². The lowest BCUT2D eigenvalue weighted by molar-refractivity contribution is -0.119. The number of para-hydroxylation sites is 1. The quantitative estimate of drug-likeness (QED) is 0.230. The molecule has 0 bridgehead atoms. The van der Waals surface area contributed by atoms with E-state index in [9.17, 15) is 9.59 Å². The molecule has 0 fully saturated rings. The van der Waals surface area contributed by atoms with Gasteiger partial charge in [-0.15, -0.1) is 0 Å². The van der Waals surface area contributed by atoms with E-state index in [2.05, 4.69) is 37.2 Å². The number of anilines is 1. The standard InChI is InChI=1S/C27H22Br2N2O6/c1-34-23-10-15(11-24(35-2)26(23)36-3)22-13-18(17-6-4-5-7-20(17)30-22)27(33)37-14-25(32)31-21-9-8-16(28)12-19(21)29/h4-13H,14H2,1-3H3,(H,31,32). The number of halogens is 2. The summed E-state index contributed by atoms with van der Waals surface area (Å²) in [5, 5.41) is 3.32. The number of amides is 1. The Morgan fingerprint density at radius 3 is 2.24 bits per heavy atom. The zero-order valence-corrected chi connectivity index (χ0v) is 23.3. The number of nitrogens with one attached hydrogen (secondary N) is 1. The molecule has 0 spiro atoms. The molecule has 0 saturated heterocycles. The fourth-order valence-electron chi connectivity index (χ4n) is 3.71. The topological polar surface area (TPSA) is 96.0 Å². The van der Waals surface area contributed by atoms with E-state index in [4.69, 9.17) is 23.9 Å². The normalized spacial score (nSPS) is 10.6. The molecule has 1 amide bonds. The van der Waals surface area contributed by atoms with Crippen molar-refractivity contribution in [2.24, 2.45) is 0 Å². The Morgan fingerprint density at radius 1 is 0.892 bits per heavy atom. The van der Waals surface area contributed by atoms with Gasteiger partial charge in [-0.2, -0.15) is 0 Å². The van der Waals surface area contributed by atoms with Gasteiger partial charge < -0.3 is 24.3 Å². The van der Waals surface area contributed by atoms with Crippen molar-refractivity contribution < 1.29 is 28.5 Å². The first-order valence-corrected chi connectivity index (χ1v) is 12.6. The highest BCUT2D eigenvalue weighted by Crippen LogP contribution is 2.41. The number of ether oxygens (including phenoxy) is 4. The van der Waals surface area contributed by atoms with E-state index in [1.165, 1.54) is 21.3 Å². The average Bonchev–Trinajstić information content (AvgIpc) is 2.91. The van der Waals surface area contributed by atoms with Crippen molar-refractivity contribution >= 4 is 60.3 Å². The minimum Gasteiger partial charge on any atom is -0.493 e. The highest BCUT2D eigenvalue weighted by atomic mass is 79.9. The highest BCUT2D eigenvalue weighted by molar-refractivity contribution is 9.11. The number of carbonyl (C=O) groups excluding carboxylic acids is 2. The molecule has 4 aromatic rings. The number of aromatic nitrogens is 1. The summed E-state index contributed by atoms with van der Waals surface area (Å²) in [5.41, 5.74) is 2.56. The molecule has 0 radical (unpaired) electrons. The molecule has 3 aromatic carbocycles. The lowest BCUT2D eigenvalue weighted by atomic mass is 10.0. The van der Waals surface area contributed by atoms with E-state index >= 15 is 0 Å². The molecule has 10 heteroatoms. The Kier molecular flexibility index (Phi) is 8.30. The molecule has 190 valence electrons. The number of methoxy groups -OCH3 is 3. The Labute approximate surface area is 230 Å². The molecular formula is C27H22Br2N2O6. The van der Waals surface area contributed by atoms with Crippen LogP contribution in [0.15, 0.2) is 69.6 Å². The molecule has 0 aliphatic heterocycles. The second-order valence-electron chi connectivity index (χ2n) is 7.73. The van der Waals surface area contributed by atoms with Crippen molar-refractivity contribution in [2.75, 3.05) is 33.3 Å².